The van der Waals surface area contributed by atoms with Crippen LogP contribution in [0.15, 0.2) is 30.5 Å². The fourth-order valence-corrected chi connectivity index (χ4v) is 2.05. The van der Waals surface area contributed by atoms with E-state index in [-0.39, 0.29) is 5.78 Å². The van der Waals surface area contributed by atoms with Crippen LogP contribution in [-0.4, -0.2) is 17.9 Å². The van der Waals surface area contributed by atoms with Crippen LogP contribution >= 0.6 is 0 Å². The van der Waals surface area contributed by atoms with Gasteiger partial charge in [-0.05, 0) is 43.2 Å². The average Bonchev–Trinajstić information content (AvgIpc) is 2.38. The smallest absolute Gasteiger partial charge is 0.215 e. The summed E-state index contributed by atoms with van der Waals surface area (Å²) in [6.45, 7) is 3.85. The van der Waals surface area contributed by atoms with Crippen molar-refractivity contribution in [3.8, 4) is 5.75 Å². The lowest BCUT2D eigenvalue weighted by Gasteiger charge is -2.11. The maximum Gasteiger partial charge on any atom is 0.215 e. The normalized spacial score (nSPS) is 10.3. The van der Waals surface area contributed by atoms with Crippen molar-refractivity contribution in [1.29, 1.82) is 0 Å². The molecule has 0 spiro atoms. The molecular weight excluding hydrogens is 240 g/mol. The molecule has 1 heterocycles. The molecule has 0 atom stereocenters. The molecule has 98 valence electrons. The second kappa shape index (κ2) is 5.10. The average molecular weight is 256 g/mol. The van der Waals surface area contributed by atoms with Gasteiger partial charge < -0.3 is 10.5 Å². The summed E-state index contributed by atoms with van der Waals surface area (Å²) in [5.74, 6) is 0.412. The topological polar surface area (TPSA) is 65.2 Å². The summed E-state index contributed by atoms with van der Waals surface area (Å²) in [7, 11) is 1.56. The molecule has 0 amide bonds. The van der Waals surface area contributed by atoms with Gasteiger partial charge in [0.1, 0.15) is 11.4 Å². The molecule has 19 heavy (non-hydrogen) atoms. The minimum Gasteiger partial charge on any atom is -0.496 e. The third-order valence-corrected chi connectivity index (χ3v) is 2.91. The Labute approximate surface area is 112 Å². The number of ether oxygens (including phenoxy) is 1. The molecule has 1 aromatic carbocycles. The molecule has 1 aromatic heterocycles. The number of benzene rings is 1. The zero-order valence-corrected chi connectivity index (χ0v) is 11.2. The van der Waals surface area contributed by atoms with Gasteiger partial charge in [0.25, 0.3) is 0 Å². The molecule has 4 nitrogen and oxygen atoms in total. The summed E-state index contributed by atoms with van der Waals surface area (Å²) >= 11 is 0. The highest BCUT2D eigenvalue weighted by atomic mass is 16.5. The van der Waals surface area contributed by atoms with Crippen LogP contribution in [0, 0.1) is 13.8 Å². The lowest BCUT2D eigenvalue weighted by atomic mass is 9.98. The molecule has 0 fully saturated rings. The summed E-state index contributed by atoms with van der Waals surface area (Å²) in [4.78, 5) is 16.5. The quantitative estimate of drug-likeness (QED) is 0.857. The SMILES string of the molecule is COc1cc(C)cc(C)c1C(=O)c1ccc(N)cn1. The summed E-state index contributed by atoms with van der Waals surface area (Å²) < 4.78 is 5.30. The van der Waals surface area contributed by atoms with Gasteiger partial charge in [0.05, 0.1) is 24.6 Å². The van der Waals surface area contributed by atoms with Crippen molar-refractivity contribution in [2.24, 2.45) is 0 Å². The number of nitrogens with zero attached hydrogens (tertiary/aromatic N) is 1. The molecule has 0 aliphatic heterocycles. The first kappa shape index (κ1) is 13.1. The fraction of sp³-hybridized carbons (Fsp3) is 0.200. The van der Waals surface area contributed by atoms with Gasteiger partial charge in [-0.2, -0.15) is 0 Å². The van der Waals surface area contributed by atoms with Crippen LogP contribution in [0.3, 0.4) is 0 Å². The predicted molar refractivity (Wildman–Crippen MR) is 74.5 cm³/mol. The molecule has 0 bridgehead atoms. The first-order valence-corrected chi connectivity index (χ1v) is 5.94. The van der Waals surface area contributed by atoms with E-state index in [4.69, 9.17) is 10.5 Å². The minimum absolute atomic E-state index is 0.158. The Balaban J connectivity index is 2.52. The van der Waals surface area contributed by atoms with Crippen LogP contribution < -0.4 is 10.5 Å². The van der Waals surface area contributed by atoms with Crippen molar-refractivity contribution in [2.45, 2.75) is 13.8 Å². The Morgan fingerprint density at radius 1 is 1.26 bits per heavy atom. The molecule has 2 rings (SSSR count). The first-order valence-electron chi connectivity index (χ1n) is 5.94. The standard InChI is InChI=1S/C15H16N2O2/c1-9-6-10(2)14(13(7-9)19-3)15(18)12-5-4-11(16)8-17-12/h4-8H,16H2,1-3H3. The number of pyridine rings is 1. The number of rotatable bonds is 3. The van der Waals surface area contributed by atoms with E-state index in [1.165, 1.54) is 6.20 Å². The number of carbonyl (C=O) groups is 1. The summed E-state index contributed by atoms with van der Waals surface area (Å²) in [6, 6.07) is 7.08. The van der Waals surface area contributed by atoms with E-state index in [1.54, 1.807) is 19.2 Å². The number of nitrogens with two attached hydrogens (primary N) is 1. The monoisotopic (exact) mass is 256 g/mol. The summed E-state index contributed by atoms with van der Waals surface area (Å²) in [5.41, 5.74) is 8.94. The van der Waals surface area contributed by atoms with Crippen molar-refractivity contribution in [2.75, 3.05) is 12.8 Å². The summed E-state index contributed by atoms with van der Waals surface area (Å²) in [6.07, 6.45) is 1.48. The number of aromatic nitrogens is 1. The van der Waals surface area contributed by atoms with E-state index < -0.39 is 0 Å². The van der Waals surface area contributed by atoms with Crippen molar-refractivity contribution in [3.63, 3.8) is 0 Å². The molecular formula is C15H16N2O2. The third kappa shape index (κ3) is 2.57. The molecule has 0 saturated heterocycles. The van der Waals surface area contributed by atoms with Gasteiger partial charge in [0, 0.05) is 0 Å². The van der Waals surface area contributed by atoms with Crippen molar-refractivity contribution < 1.29 is 9.53 Å². The zero-order valence-electron chi connectivity index (χ0n) is 11.2. The molecule has 2 N–H and O–H groups in total. The second-order valence-electron chi connectivity index (χ2n) is 4.46. The van der Waals surface area contributed by atoms with Gasteiger partial charge in [0.2, 0.25) is 5.78 Å². The molecule has 0 saturated carbocycles. The number of anilines is 1. The molecule has 0 radical (unpaired) electrons. The largest absolute Gasteiger partial charge is 0.496 e. The highest BCUT2D eigenvalue weighted by molar-refractivity contribution is 6.10. The Kier molecular flexibility index (Phi) is 3.51. The van der Waals surface area contributed by atoms with Gasteiger partial charge in [0.15, 0.2) is 0 Å². The lowest BCUT2D eigenvalue weighted by molar-refractivity contribution is 0.103. The number of nitrogen functional groups attached to an aromatic ring is 1. The van der Waals surface area contributed by atoms with E-state index in [2.05, 4.69) is 4.98 Å². The van der Waals surface area contributed by atoms with Crippen LogP contribution in [-0.2, 0) is 0 Å². The van der Waals surface area contributed by atoms with Gasteiger partial charge in [-0.15, -0.1) is 0 Å². The number of methoxy groups -OCH3 is 1. The van der Waals surface area contributed by atoms with Crippen LogP contribution in [0.5, 0.6) is 5.75 Å². The van der Waals surface area contributed by atoms with Crippen LogP contribution in [0.2, 0.25) is 0 Å². The Morgan fingerprint density at radius 3 is 2.58 bits per heavy atom. The summed E-state index contributed by atoms with van der Waals surface area (Å²) in [5, 5.41) is 0. The van der Waals surface area contributed by atoms with Gasteiger partial charge >= 0.3 is 0 Å². The highest BCUT2D eigenvalue weighted by Gasteiger charge is 2.18. The number of ketones is 1. The molecule has 0 aliphatic rings. The van der Waals surface area contributed by atoms with Crippen molar-refractivity contribution >= 4 is 11.5 Å². The van der Waals surface area contributed by atoms with Crippen LogP contribution in [0.4, 0.5) is 5.69 Å². The Bertz CT molecular complexity index is 619. The van der Waals surface area contributed by atoms with E-state index >= 15 is 0 Å². The van der Waals surface area contributed by atoms with Gasteiger partial charge in [-0.1, -0.05) is 6.07 Å². The maximum atomic E-state index is 12.5. The maximum absolute atomic E-state index is 12.5. The van der Waals surface area contributed by atoms with E-state index in [0.29, 0.717) is 22.7 Å². The number of hydrogen-bond acceptors (Lipinski definition) is 4. The predicted octanol–water partition coefficient (Wildman–Crippen LogP) is 2.52. The molecule has 0 aliphatic carbocycles. The fourth-order valence-electron chi connectivity index (χ4n) is 2.05. The highest BCUT2D eigenvalue weighted by Crippen LogP contribution is 2.26. The number of carbonyl (C=O) groups excluding carboxylic acids is 1. The number of aryl methyl sites for hydroxylation is 2. The van der Waals surface area contributed by atoms with Crippen LogP contribution in [0.25, 0.3) is 0 Å². The van der Waals surface area contributed by atoms with E-state index in [0.717, 1.165) is 11.1 Å². The van der Waals surface area contributed by atoms with Crippen molar-refractivity contribution in [3.05, 3.63) is 52.8 Å². The van der Waals surface area contributed by atoms with E-state index in [1.807, 2.05) is 26.0 Å². The van der Waals surface area contributed by atoms with Crippen molar-refractivity contribution in [1.82, 2.24) is 4.98 Å². The zero-order chi connectivity index (χ0) is 14.0. The molecule has 0 unspecified atom stereocenters. The minimum atomic E-state index is -0.158. The lowest BCUT2D eigenvalue weighted by Crippen LogP contribution is -2.09. The van der Waals surface area contributed by atoms with Gasteiger partial charge in [-0.3, -0.25) is 9.78 Å². The Morgan fingerprint density at radius 2 is 2.00 bits per heavy atom. The van der Waals surface area contributed by atoms with E-state index in [9.17, 15) is 4.79 Å². The van der Waals surface area contributed by atoms with Crippen LogP contribution in [0.1, 0.15) is 27.2 Å². The third-order valence-electron chi connectivity index (χ3n) is 2.91. The first-order chi connectivity index (χ1) is 9.02. The number of hydrogen-bond donors (Lipinski definition) is 1. The molecule has 4 heteroatoms. The van der Waals surface area contributed by atoms with Gasteiger partial charge in [-0.25, -0.2) is 0 Å². The second-order valence-corrected chi connectivity index (χ2v) is 4.46. The molecule has 2 aromatic rings. The Hall–Kier alpha value is -2.36.